The molecule has 5 nitrogen and oxygen atoms in total. The van der Waals surface area contributed by atoms with Gasteiger partial charge in [0.2, 0.25) is 0 Å². The number of esters is 1. The molecule has 0 aliphatic carbocycles. The number of ether oxygens (including phenoxy) is 1. The smallest absolute Gasteiger partial charge is 0.337 e. The maximum Gasteiger partial charge on any atom is 0.337 e. The van der Waals surface area contributed by atoms with E-state index in [0.717, 1.165) is 0 Å². The fourth-order valence-corrected chi connectivity index (χ4v) is 1.92. The molecule has 0 fully saturated rings. The van der Waals surface area contributed by atoms with Crippen molar-refractivity contribution in [2.45, 2.75) is 0 Å². The van der Waals surface area contributed by atoms with Gasteiger partial charge in [-0.1, -0.05) is 12.1 Å². The van der Waals surface area contributed by atoms with Crippen molar-refractivity contribution >= 4 is 23.6 Å². The molecule has 0 spiro atoms. The summed E-state index contributed by atoms with van der Waals surface area (Å²) in [6.07, 6.45) is 1.35. The minimum Gasteiger partial charge on any atom is -0.465 e. The van der Waals surface area contributed by atoms with Gasteiger partial charge in [-0.25, -0.2) is 9.18 Å². The molecule has 24 heavy (non-hydrogen) atoms. The standard InChI is InChI=1S/C18H13FN2O3/c1-24-18(23)13-4-2-3-12(9-13)10-14(11-20)17(22)21-16-7-5-15(19)6-8-16/h2-10H,1H3,(H,21,22)/b14-10+. The lowest BCUT2D eigenvalue weighted by Gasteiger charge is -2.05. The fourth-order valence-electron chi connectivity index (χ4n) is 1.92. The van der Waals surface area contributed by atoms with Gasteiger partial charge in [0.05, 0.1) is 12.7 Å². The van der Waals surface area contributed by atoms with E-state index in [2.05, 4.69) is 10.1 Å². The van der Waals surface area contributed by atoms with Crippen molar-refractivity contribution in [2.24, 2.45) is 0 Å². The molecular weight excluding hydrogens is 311 g/mol. The van der Waals surface area contributed by atoms with E-state index in [0.29, 0.717) is 16.8 Å². The largest absolute Gasteiger partial charge is 0.465 e. The molecule has 0 aromatic heterocycles. The number of nitrogens with one attached hydrogen (secondary N) is 1. The Kier molecular flexibility index (Phi) is 5.42. The van der Waals surface area contributed by atoms with Crippen LogP contribution in [0.5, 0.6) is 0 Å². The van der Waals surface area contributed by atoms with Crippen molar-refractivity contribution in [3.8, 4) is 6.07 Å². The second-order valence-electron chi connectivity index (χ2n) is 4.75. The summed E-state index contributed by atoms with van der Waals surface area (Å²) in [6.45, 7) is 0. The van der Waals surface area contributed by atoms with Crippen LogP contribution in [-0.4, -0.2) is 19.0 Å². The summed E-state index contributed by atoms with van der Waals surface area (Å²) in [5, 5.41) is 11.7. The Morgan fingerprint density at radius 3 is 2.54 bits per heavy atom. The van der Waals surface area contributed by atoms with E-state index in [1.807, 2.05) is 0 Å². The number of hydrogen-bond donors (Lipinski definition) is 1. The van der Waals surface area contributed by atoms with E-state index in [1.54, 1.807) is 24.3 Å². The number of nitriles is 1. The molecule has 2 aromatic carbocycles. The lowest BCUT2D eigenvalue weighted by Crippen LogP contribution is -2.13. The van der Waals surface area contributed by atoms with Gasteiger partial charge in [0, 0.05) is 5.69 Å². The number of hydrogen-bond acceptors (Lipinski definition) is 4. The molecule has 120 valence electrons. The van der Waals surface area contributed by atoms with Crippen LogP contribution in [0.25, 0.3) is 6.08 Å². The van der Waals surface area contributed by atoms with Crippen molar-refractivity contribution in [3.05, 3.63) is 71.0 Å². The summed E-state index contributed by atoms with van der Waals surface area (Å²) in [4.78, 5) is 23.6. The second-order valence-corrected chi connectivity index (χ2v) is 4.75. The number of carbonyl (C=O) groups is 2. The molecule has 2 rings (SSSR count). The first-order valence-corrected chi connectivity index (χ1v) is 6.90. The summed E-state index contributed by atoms with van der Waals surface area (Å²) >= 11 is 0. The maximum atomic E-state index is 12.9. The van der Waals surface area contributed by atoms with E-state index in [4.69, 9.17) is 0 Å². The van der Waals surface area contributed by atoms with Gasteiger partial charge >= 0.3 is 5.97 Å². The minimum absolute atomic E-state index is 0.152. The lowest BCUT2D eigenvalue weighted by molar-refractivity contribution is -0.112. The molecule has 0 aliphatic rings. The van der Waals surface area contributed by atoms with Gasteiger partial charge in [-0.05, 0) is 48.0 Å². The number of anilines is 1. The van der Waals surface area contributed by atoms with E-state index < -0.39 is 17.7 Å². The molecule has 0 unspecified atom stereocenters. The van der Waals surface area contributed by atoms with Crippen LogP contribution >= 0.6 is 0 Å². The van der Waals surface area contributed by atoms with E-state index in [1.165, 1.54) is 43.5 Å². The summed E-state index contributed by atoms with van der Waals surface area (Å²) in [5.74, 6) is -1.57. The number of halogens is 1. The third-order valence-electron chi connectivity index (χ3n) is 3.09. The molecule has 0 bridgehead atoms. The average Bonchev–Trinajstić information content (AvgIpc) is 2.61. The topological polar surface area (TPSA) is 79.2 Å². The first-order valence-electron chi connectivity index (χ1n) is 6.90. The van der Waals surface area contributed by atoms with Gasteiger partial charge in [0.1, 0.15) is 17.5 Å². The van der Waals surface area contributed by atoms with Crippen LogP contribution in [-0.2, 0) is 9.53 Å². The summed E-state index contributed by atoms with van der Waals surface area (Å²) < 4.78 is 17.5. The molecular formula is C18H13FN2O3. The van der Waals surface area contributed by atoms with Gasteiger partial charge in [-0.3, -0.25) is 4.79 Å². The monoisotopic (exact) mass is 324 g/mol. The Bertz CT molecular complexity index is 836. The Hall–Kier alpha value is -3.46. The lowest BCUT2D eigenvalue weighted by atomic mass is 10.1. The molecule has 0 saturated heterocycles. The summed E-state index contributed by atoms with van der Waals surface area (Å²) in [6, 6.07) is 13.3. The third-order valence-corrected chi connectivity index (χ3v) is 3.09. The average molecular weight is 324 g/mol. The van der Waals surface area contributed by atoms with E-state index in [9.17, 15) is 19.2 Å². The molecule has 1 amide bonds. The minimum atomic E-state index is -0.632. The quantitative estimate of drug-likeness (QED) is 0.532. The molecule has 0 atom stereocenters. The van der Waals surface area contributed by atoms with Gasteiger partial charge < -0.3 is 10.1 Å². The molecule has 0 radical (unpaired) electrons. The van der Waals surface area contributed by atoms with Crippen molar-refractivity contribution in [3.63, 3.8) is 0 Å². The Morgan fingerprint density at radius 1 is 1.21 bits per heavy atom. The zero-order valence-electron chi connectivity index (χ0n) is 12.7. The molecule has 0 aliphatic heterocycles. The van der Waals surface area contributed by atoms with Gasteiger partial charge in [-0.15, -0.1) is 0 Å². The Balaban J connectivity index is 2.22. The summed E-state index contributed by atoms with van der Waals surface area (Å²) in [7, 11) is 1.27. The van der Waals surface area contributed by atoms with Gasteiger partial charge in [-0.2, -0.15) is 5.26 Å². The number of carbonyl (C=O) groups excluding carboxylic acids is 2. The first-order chi connectivity index (χ1) is 11.5. The highest BCUT2D eigenvalue weighted by atomic mass is 19.1. The van der Waals surface area contributed by atoms with Gasteiger partial charge in [0.15, 0.2) is 0 Å². The third kappa shape index (κ3) is 4.27. The normalized spacial score (nSPS) is 10.6. The number of rotatable bonds is 4. The van der Waals surface area contributed by atoms with Crippen LogP contribution in [0.3, 0.4) is 0 Å². The SMILES string of the molecule is COC(=O)c1cccc(/C=C(\C#N)C(=O)Nc2ccc(F)cc2)c1. The molecule has 6 heteroatoms. The number of benzene rings is 2. The van der Waals surface area contributed by atoms with Gasteiger partial charge in [0.25, 0.3) is 5.91 Å². The predicted octanol–water partition coefficient (Wildman–Crippen LogP) is 3.16. The maximum absolute atomic E-state index is 12.9. The molecule has 1 N–H and O–H groups in total. The summed E-state index contributed by atoms with van der Waals surface area (Å²) in [5.41, 5.74) is 1.03. The highest BCUT2D eigenvalue weighted by Gasteiger charge is 2.11. The number of methoxy groups -OCH3 is 1. The zero-order chi connectivity index (χ0) is 17.5. The molecule has 0 heterocycles. The number of amides is 1. The van der Waals surface area contributed by atoms with Crippen molar-refractivity contribution in [1.29, 1.82) is 5.26 Å². The molecule has 0 saturated carbocycles. The molecule has 2 aromatic rings. The van der Waals surface area contributed by atoms with E-state index >= 15 is 0 Å². The second kappa shape index (κ2) is 7.70. The van der Waals surface area contributed by atoms with Crippen LogP contribution in [0.1, 0.15) is 15.9 Å². The Morgan fingerprint density at radius 2 is 1.92 bits per heavy atom. The number of nitrogens with zero attached hydrogens (tertiary/aromatic N) is 1. The van der Waals surface area contributed by atoms with Crippen LogP contribution < -0.4 is 5.32 Å². The first kappa shape index (κ1) is 16.9. The fraction of sp³-hybridized carbons (Fsp3) is 0.0556. The van der Waals surface area contributed by atoms with Crippen LogP contribution in [0.2, 0.25) is 0 Å². The predicted molar refractivity (Wildman–Crippen MR) is 86.4 cm³/mol. The van der Waals surface area contributed by atoms with Crippen LogP contribution in [0.15, 0.2) is 54.1 Å². The van der Waals surface area contributed by atoms with Crippen LogP contribution in [0, 0.1) is 17.1 Å². The highest BCUT2D eigenvalue weighted by Crippen LogP contribution is 2.13. The highest BCUT2D eigenvalue weighted by molar-refractivity contribution is 6.09. The van der Waals surface area contributed by atoms with Crippen molar-refractivity contribution < 1.29 is 18.7 Å². The van der Waals surface area contributed by atoms with E-state index in [-0.39, 0.29) is 5.57 Å². The Labute approximate surface area is 138 Å². The van der Waals surface area contributed by atoms with Crippen molar-refractivity contribution in [2.75, 3.05) is 12.4 Å². The zero-order valence-corrected chi connectivity index (χ0v) is 12.7. The van der Waals surface area contributed by atoms with Crippen LogP contribution in [0.4, 0.5) is 10.1 Å². The van der Waals surface area contributed by atoms with Crippen molar-refractivity contribution in [1.82, 2.24) is 0 Å².